The molecular formula is C25H24O5S2. The van der Waals surface area contributed by atoms with Gasteiger partial charge in [-0.25, -0.2) is 9.59 Å². The number of allylic oxidation sites excluding steroid dienone is 1. The van der Waals surface area contributed by atoms with Crippen LogP contribution in [0.5, 0.6) is 0 Å². The van der Waals surface area contributed by atoms with Crippen molar-refractivity contribution >= 4 is 40.4 Å². The Labute approximate surface area is 195 Å². The molecule has 1 unspecified atom stereocenters. The van der Waals surface area contributed by atoms with Crippen LogP contribution in [0.25, 0.3) is 0 Å². The highest BCUT2D eigenvalue weighted by Crippen LogP contribution is 2.33. The number of thiophene rings is 2. The number of esters is 2. The van der Waals surface area contributed by atoms with E-state index in [4.69, 9.17) is 9.47 Å². The smallest absolute Gasteiger partial charge is 0.359 e. The lowest BCUT2D eigenvalue weighted by Gasteiger charge is -2.29. The second-order valence-corrected chi connectivity index (χ2v) is 9.99. The van der Waals surface area contributed by atoms with Crippen LogP contribution in [-0.4, -0.2) is 24.8 Å². The number of ketones is 1. The molecule has 0 N–H and O–H groups in total. The maximum atomic E-state index is 13.1. The molecule has 0 amide bonds. The van der Waals surface area contributed by atoms with E-state index in [9.17, 15) is 14.4 Å². The van der Waals surface area contributed by atoms with E-state index in [1.165, 1.54) is 41.9 Å². The van der Waals surface area contributed by atoms with Crippen molar-refractivity contribution in [3.63, 3.8) is 0 Å². The number of hydrogen-bond acceptors (Lipinski definition) is 7. The summed E-state index contributed by atoms with van der Waals surface area (Å²) in [7, 11) is 1.22. The molecule has 1 aromatic carbocycles. The Morgan fingerprint density at radius 2 is 1.41 bits per heavy atom. The van der Waals surface area contributed by atoms with Gasteiger partial charge >= 0.3 is 11.9 Å². The van der Waals surface area contributed by atoms with E-state index < -0.39 is 17.5 Å². The molecule has 0 saturated carbocycles. The zero-order valence-electron chi connectivity index (χ0n) is 18.3. The highest BCUT2D eigenvalue weighted by atomic mass is 32.1. The Morgan fingerprint density at radius 3 is 1.91 bits per heavy atom. The Hall–Kier alpha value is -3.03. The second-order valence-electron chi connectivity index (χ2n) is 8.10. The van der Waals surface area contributed by atoms with Crippen molar-refractivity contribution in [3.8, 4) is 0 Å². The van der Waals surface area contributed by atoms with Gasteiger partial charge in [0.05, 0.1) is 12.0 Å². The largest absolute Gasteiger partial charge is 0.466 e. The van der Waals surface area contributed by atoms with Gasteiger partial charge in [0.15, 0.2) is 5.78 Å². The number of carbonyl (C=O) groups is 3. The van der Waals surface area contributed by atoms with Crippen molar-refractivity contribution in [3.05, 3.63) is 92.3 Å². The lowest BCUT2D eigenvalue weighted by Crippen LogP contribution is -2.40. The van der Waals surface area contributed by atoms with Crippen molar-refractivity contribution in [1.82, 2.24) is 0 Å². The van der Waals surface area contributed by atoms with E-state index in [2.05, 4.69) is 20.8 Å². The van der Waals surface area contributed by atoms with Crippen molar-refractivity contribution in [2.24, 2.45) is 0 Å². The lowest BCUT2D eigenvalue weighted by molar-refractivity contribution is -0.159. The van der Waals surface area contributed by atoms with Crippen LogP contribution in [0.15, 0.2) is 71.4 Å². The average molecular weight is 469 g/mol. The molecule has 1 atom stereocenters. The molecule has 0 aliphatic heterocycles. The molecule has 0 fully saturated rings. The van der Waals surface area contributed by atoms with Crippen molar-refractivity contribution in [2.45, 2.75) is 31.8 Å². The molecule has 0 spiro atoms. The molecule has 0 radical (unpaired) electrons. The van der Waals surface area contributed by atoms with Gasteiger partial charge in [0.2, 0.25) is 0 Å². The SMILES string of the molecule is COC(=O)C(/C=C/C(=O)c1cccs1)(OC(=O)c1cccs1)c1ccc(C(C)(C)C)cc1. The standard InChI is InChI=1S/C25H24O5S2/c1-24(2,3)17-9-11-18(12-10-17)25(23(28)29-4,30-22(27)21-8-6-16-32-21)14-13-19(26)20-7-5-15-31-20/h5-16H,1-4H3/b14-13+. The van der Waals surface area contributed by atoms with Crippen LogP contribution in [0.1, 0.15) is 51.2 Å². The minimum atomic E-state index is -1.92. The third-order valence-corrected chi connectivity index (χ3v) is 6.61. The molecule has 2 aromatic heterocycles. The van der Waals surface area contributed by atoms with Crippen LogP contribution in [0.4, 0.5) is 0 Å². The van der Waals surface area contributed by atoms with Gasteiger partial charge in [-0.2, -0.15) is 0 Å². The Bertz CT molecular complexity index is 1100. The predicted octanol–water partition coefficient (Wildman–Crippen LogP) is 5.77. The summed E-state index contributed by atoms with van der Waals surface area (Å²) in [5.74, 6) is -1.79. The third kappa shape index (κ3) is 5.06. The molecule has 2 heterocycles. The molecule has 166 valence electrons. The maximum Gasteiger partial charge on any atom is 0.359 e. The van der Waals surface area contributed by atoms with Crippen molar-refractivity contribution < 1.29 is 23.9 Å². The summed E-state index contributed by atoms with van der Waals surface area (Å²) in [6.45, 7) is 6.23. The van der Waals surface area contributed by atoms with Gasteiger partial charge in [-0.05, 0) is 46.0 Å². The summed E-state index contributed by atoms with van der Waals surface area (Å²) in [4.78, 5) is 39.4. The Morgan fingerprint density at radius 1 is 0.844 bits per heavy atom. The van der Waals surface area contributed by atoms with Crippen LogP contribution in [-0.2, 0) is 25.3 Å². The lowest BCUT2D eigenvalue weighted by atomic mass is 9.84. The molecule has 3 aromatic rings. The zero-order valence-corrected chi connectivity index (χ0v) is 19.9. The highest BCUT2D eigenvalue weighted by molar-refractivity contribution is 7.12. The number of benzene rings is 1. The van der Waals surface area contributed by atoms with Gasteiger partial charge in [-0.3, -0.25) is 4.79 Å². The quantitative estimate of drug-likeness (QED) is 0.250. The molecule has 0 saturated heterocycles. The average Bonchev–Trinajstić information content (AvgIpc) is 3.49. The predicted molar refractivity (Wildman–Crippen MR) is 126 cm³/mol. The van der Waals surface area contributed by atoms with Gasteiger partial charge in [-0.15, -0.1) is 22.7 Å². The monoisotopic (exact) mass is 468 g/mol. The summed E-state index contributed by atoms with van der Waals surface area (Å²) < 4.78 is 10.8. The minimum Gasteiger partial charge on any atom is -0.466 e. The van der Waals surface area contributed by atoms with Crippen LogP contribution >= 0.6 is 22.7 Å². The normalized spacial score (nSPS) is 13.5. The fraction of sp³-hybridized carbons (Fsp3) is 0.240. The number of carbonyl (C=O) groups excluding carboxylic acids is 3. The maximum absolute atomic E-state index is 13.1. The number of hydrogen-bond donors (Lipinski definition) is 0. The Balaban J connectivity index is 2.10. The molecule has 0 aliphatic rings. The molecule has 3 rings (SSSR count). The molecule has 7 heteroatoms. The number of methoxy groups -OCH3 is 1. The summed E-state index contributed by atoms with van der Waals surface area (Å²) in [5.41, 5.74) is -0.592. The van der Waals surface area contributed by atoms with Crippen LogP contribution in [0.3, 0.4) is 0 Å². The number of rotatable bonds is 7. The van der Waals surface area contributed by atoms with Gasteiger partial charge in [0.25, 0.3) is 5.60 Å². The van der Waals surface area contributed by atoms with E-state index in [-0.39, 0.29) is 11.2 Å². The van der Waals surface area contributed by atoms with Crippen LogP contribution < -0.4 is 0 Å². The first-order valence-electron chi connectivity index (χ1n) is 9.91. The van der Waals surface area contributed by atoms with Crippen molar-refractivity contribution in [2.75, 3.05) is 7.11 Å². The van der Waals surface area contributed by atoms with E-state index >= 15 is 0 Å². The fourth-order valence-electron chi connectivity index (χ4n) is 3.07. The first-order valence-corrected chi connectivity index (χ1v) is 11.7. The zero-order chi connectivity index (χ0) is 23.4. The third-order valence-electron chi connectivity index (χ3n) is 4.88. The van der Waals surface area contributed by atoms with Crippen molar-refractivity contribution in [1.29, 1.82) is 0 Å². The van der Waals surface area contributed by atoms with E-state index in [1.54, 1.807) is 47.2 Å². The molecule has 32 heavy (non-hydrogen) atoms. The van der Waals surface area contributed by atoms with Gasteiger partial charge < -0.3 is 9.47 Å². The second kappa shape index (κ2) is 9.63. The summed E-state index contributed by atoms with van der Waals surface area (Å²) in [5, 5.41) is 3.53. The minimum absolute atomic E-state index is 0.106. The summed E-state index contributed by atoms with van der Waals surface area (Å²) >= 11 is 2.48. The molecule has 0 aliphatic carbocycles. The first-order chi connectivity index (χ1) is 15.2. The van der Waals surface area contributed by atoms with Gasteiger partial charge in [0.1, 0.15) is 4.88 Å². The number of ether oxygens (including phenoxy) is 2. The molecular weight excluding hydrogens is 444 g/mol. The van der Waals surface area contributed by atoms with E-state index in [1.807, 2.05) is 12.1 Å². The highest BCUT2D eigenvalue weighted by Gasteiger charge is 2.44. The molecule has 5 nitrogen and oxygen atoms in total. The molecule has 0 bridgehead atoms. The summed E-state index contributed by atoms with van der Waals surface area (Å²) in [6.07, 6.45) is 2.56. The van der Waals surface area contributed by atoms with Gasteiger partial charge in [0, 0.05) is 5.56 Å². The van der Waals surface area contributed by atoms with E-state index in [0.717, 1.165) is 5.56 Å². The topological polar surface area (TPSA) is 69.7 Å². The first kappa shape index (κ1) is 23.6. The fourth-order valence-corrected chi connectivity index (χ4v) is 4.32. The Kier molecular flexibility index (Phi) is 7.11. The van der Waals surface area contributed by atoms with Crippen LogP contribution in [0.2, 0.25) is 0 Å². The van der Waals surface area contributed by atoms with E-state index in [0.29, 0.717) is 15.3 Å². The summed E-state index contributed by atoms with van der Waals surface area (Å²) in [6, 6.07) is 14.0. The van der Waals surface area contributed by atoms with Gasteiger partial charge in [-0.1, -0.05) is 57.2 Å². The van der Waals surface area contributed by atoms with Crippen LogP contribution in [0, 0.1) is 0 Å².